The highest BCUT2D eigenvalue weighted by Gasteiger charge is 2.06. The third-order valence-corrected chi connectivity index (χ3v) is 2.87. The van der Waals surface area contributed by atoms with Crippen molar-refractivity contribution in [2.75, 3.05) is 18.5 Å². The van der Waals surface area contributed by atoms with Gasteiger partial charge in [-0.2, -0.15) is 0 Å². The Morgan fingerprint density at radius 1 is 1.26 bits per heavy atom. The van der Waals surface area contributed by atoms with E-state index in [1.807, 2.05) is 24.3 Å². The van der Waals surface area contributed by atoms with Crippen LogP contribution in [0.2, 0.25) is 5.02 Å². The fourth-order valence-electron chi connectivity index (χ4n) is 1.58. The van der Waals surface area contributed by atoms with Crippen molar-refractivity contribution in [3.05, 3.63) is 53.4 Å². The molecule has 0 fully saturated rings. The number of para-hydroxylation sites is 1. The van der Waals surface area contributed by atoms with E-state index in [9.17, 15) is 5.11 Å². The van der Waals surface area contributed by atoms with E-state index in [4.69, 9.17) is 20.8 Å². The Hall–Kier alpha value is -1.49. The van der Waals surface area contributed by atoms with Crippen LogP contribution in [0, 0.1) is 0 Å². The highest BCUT2D eigenvalue weighted by atomic mass is 35.5. The SMILES string of the molecule is OC(CNc1ccccc1Cl)COCc1ccco1. The normalized spacial score (nSPS) is 12.3. The second kappa shape index (κ2) is 7.19. The first-order valence-corrected chi connectivity index (χ1v) is 6.40. The molecule has 102 valence electrons. The van der Waals surface area contributed by atoms with Crippen molar-refractivity contribution in [1.29, 1.82) is 0 Å². The van der Waals surface area contributed by atoms with Crippen LogP contribution in [0.25, 0.3) is 0 Å². The van der Waals surface area contributed by atoms with Crippen LogP contribution >= 0.6 is 11.6 Å². The predicted molar refractivity (Wildman–Crippen MR) is 74.3 cm³/mol. The number of hydrogen-bond acceptors (Lipinski definition) is 4. The Morgan fingerprint density at radius 3 is 2.84 bits per heavy atom. The van der Waals surface area contributed by atoms with E-state index in [0.29, 0.717) is 18.2 Å². The number of aliphatic hydroxyl groups is 1. The van der Waals surface area contributed by atoms with Gasteiger partial charge >= 0.3 is 0 Å². The van der Waals surface area contributed by atoms with E-state index in [-0.39, 0.29) is 6.61 Å². The van der Waals surface area contributed by atoms with Gasteiger partial charge in [-0.05, 0) is 24.3 Å². The molecule has 1 unspecified atom stereocenters. The molecule has 0 bridgehead atoms. The maximum atomic E-state index is 9.77. The van der Waals surface area contributed by atoms with Crippen LogP contribution in [0.4, 0.5) is 5.69 Å². The van der Waals surface area contributed by atoms with Crippen molar-refractivity contribution in [3.8, 4) is 0 Å². The molecule has 1 heterocycles. The lowest BCUT2D eigenvalue weighted by molar-refractivity contribution is 0.0282. The molecule has 0 aliphatic heterocycles. The summed E-state index contributed by atoms with van der Waals surface area (Å²) in [6, 6.07) is 11.0. The summed E-state index contributed by atoms with van der Waals surface area (Å²) in [5.74, 6) is 0.742. The summed E-state index contributed by atoms with van der Waals surface area (Å²) in [6.45, 7) is 0.968. The van der Waals surface area contributed by atoms with Crippen LogP contribution in [0.5, 0.6) is 0 Å². The van der Waals surface area contributed by atoms with E-state index in [1.165, 1.54) is 0 Å². The number of halogens is 1. The van der Waals surface area contributed by atoms with Crippen LogP contribution < -0.4 is 5.32 Å². The van der Waals surface area contributed by atoms with Crippen LogP contribution in [-0.4, -0.2) is 24.4 Å². The summed E-state index contributed by atoms with van der Waals surface area (Å²) in [5.41, 5.74) is 0.800. The first-order valence-electron chi connectivity index (χ1n) is 6.02. The Kier molecular flexibility index (Phi) is 5.27. The Balaban J connectivity index is 1.67. The molecule has 0 amide bonds. The average molecular weight is 282 g/mol. The smallest absolute Gasteiger partial charge is 0.129 e. The summed E-state index contributed by atoms with van der Waals surface area (Å²) in [5, 5.41) is 13.5. The van der Waals surface area contributed by atoms with Crippen molar-refractivity contribution < 1.29 is 14.3 Å². The van der Waals surface area contributed by atoms with E-state index in [2.05, 4.69) is 5.32 Å². The zero-order valence-corrected chi connectivity index (χ0v) is 11.1. The molecule has 4 nitrogen and oxygen atoms in total. The van der Waals surface area contributed by atoms with Crippen molar-refractivity contribution in [2.24, 2.45) is 0 Å². The molecule has 0 spiro atoms. The molecule has 2 rings (SSSR count). The van der Waals surface area contributed by atoms with Gasteiger partial charge in [-0.1, -0.05) is 23.7 Å². The standard InChI is InChI=1S/C14H16ClNO3/c15-13-5-1-2-6-14(13)16-8-11(17)9-18-10-12-4-3-7-19-12/h1-7,11,16-17H,8-10H2. The highest BCUT2D eigenvalue weighted by molar-refractivity contribution is 6.33. The molecule has 1 atom stereocenters. The molecule has 19 heavy (non-hydrogen) atoms. The highest BCUT2D eigenvalue weighted by Crippen LogP contribution is 2.20. The van der Waals surface area contributed by atoms with Crippen molar-refractivity contribution in [2.45, 2.75) is 12.7 Å². The van der Waals surface area contributed by atoms with E-state index in [0.717, 1.165) is 11.4 Å². The van der Waals surface area contributed by atoms with Gasteiger partial charge in [0, 0.05) is 6.54 Å². The number of furan rings is 1. The van der Waals surface area contributed by atoms with Gasteiger partial charge in [0.15, 0.2) is 0 Å². The maximum Gasteiger partial charge on any atom is 0.129 e. The van der Waals surface area contributed by atoms with Gasteiger partial charge in [-0.25, -0.2) is 0 Å². The number of ether oxygens (including phenoxy) is 1. The zero-order chi connectivity index (χ0) is 13.5. The third kappa shape index (κ3) is 4.59. The number of anilines is 1. The van der Waals surface area contributed by atoms with Crippen LogP contribution in [0.3, 0.4) is 0 Å². The van der Waals surface area contributed by atoms with Crippen molar-refractivity contribution in [1.82, 2.24) is 0 Å². The molecular formula is C14H16ClNO3. The first-order chi connectivity index (χ1) is 9.25. The molecule has 2 aromatic rings. The number of nitrogens with one attached hydrogen (secondary N) is 1. The first kappa shape index (κ1) is 13.9. The minimum Gasteiger partial charge on any atom is -0.467 e. The van der Waals surface area contributed by atoms with Gasteiger partial charge in [0.2, 0.25) is 0 Å². The van der Waals surface area contributed by atoms with Gasteiger partial charge < -0.3 is 19.6 Å². The Morgan fingerprint density at radius 2 is 2.11 bits per heavy atom. The average Bonchev–Trinajstić information content (AvgIpc) is 2.91. The molecular weight excluding hydrogens is 266 g/mol. The monoisotopic (exact) mass is 281 g/mol. The fourth-order valence-corrected chi connectivity index (χ4v) is 1.78. The second-order valence-electron chi connectivity index (χ2n) is 4.11. The summed E-state index contributed by atoms with van der Waals surface area (Å²) in [6.07, 6.45) is 0.986. The van der Waals surface area contributed by atoms with Crippen LogP contribution in [0.1, 0.15) is 5.76 Å². The minimum absolute atomic E-state index is 0.234. The van der Waals surface area contributed by atoms with Gasteiger partial charge in [-0.3, -0.25) is 0 Å². The molecule has 1 aromatic carbocycles. The minimum atomic E-state index is -0.605. The fraction of sp³-hybridized carbons (Fsp3) is 0.286. The lowest BCUT2D eigenvalue weighted by atomic mass is 10.3. The zero-order valence-electron chi connectivity index (χ0n) is 10.4. The van der Waals surface area contributed by atoms with Gasteiger partial charge in [0.25, 0.3) is 0 Å². The molecule has 0 radical (unpaired) electrons. The van der Waals surface area contributed by atoms with E-state index >= 15 is 0 Å². The molecule has 1 aromatic heterocycles. The van der Waals surface area contributed by atoms with Crippen molar-refractivity contribution >= 4 is 17.3 Å². The summed E-state index contributed by atoms with van der Waals surface area (Å²) in [7, 11) is 0. The number of hydrogen-bond donors (Lipinski definition) is 2. The summed E-state index contributed by atoms with van der Waals surface area (Å²) >= 11 is 5.99. The second-order valence-corrected chi connectivity index (χ2v) is 4.52. The van der Waals surface area contributed by atoms with Gasteiger partial charge in [-0.15, -0.1) is 0 Å². The Bertz CT molecular complexity index is 487. The van der Waals surface area contributed by atoms with E-state index in [1.54, 1.807) is 18.4 Å². The summed E-state index contributed by atoms with van der Waals surface area (Å²) in [4.78, 5) is 0. The molecule has 0 aliphatic rings. The van der Waals surface area contributed by atoms with Crippen LogP contribution in [-0.2, 0) is 11.3 Å². The van der Waals surface area contributed by atoms with E-state index < -0.39 is 6.10 Å². The predicted octanol–water partition coefficient (Wildman–Crippen LogP) is 2.92. The lowest BCUT2D eigenvalue weighted by Gasteiger charge is -2.13. The number of benzene rings is 1. The quantitative estimate of drug-likeness (QED) is 0.819. The van der Waals surface area contributed by atoms with Crippen LogP contribution in [0.15, 0.2) is 47.1 Å². The van der Waals surface area contributed by atoms with Gasteiger partial charge in [0.05, 0.1) is 29.7 Å². The van der Waals surface area contributed by atoms with Crippen molar-refractivity contribution in [3.63, 3.8) is 0 Å². The molecule has 0 aliphatic carbocycles. The third-order valence-electron chi connectivity index (χ3n) is 2.54. The van der Waals surface area contributed by atoms with Gasteiger partial charge in [0.1, 0.15) is 12.4 Å². The molecule has 2 N–H and O–H groups in total. The lowest BCUT2D eigenvalue weighted by Crippen LogP contribution is -2.24. The number of rotatable bonds is 7. The maximum absolute atomic E-state index is 9.77. The Labute approximate surface area is 117 Å². The molecule has 0 saturated heterocycles. The molecule has 0 saturated carbocycles. The topological polar surface area (TPSA) is 54.6 Å². The summed E-state index contributed by atoms with van der Waals surface area (Å²) < 4.78 is 10.5. The largest absolute Gasteiger partial charge is 0.467 e. The number of aliphatic hydroxyl groups excluding tert-OH is 1. The molecule has 5 heteroatoms.